The standard InChI is InChI=1S/C31H39NO6/c1-33-28-18-24(19-29(34-2)31(28)35-3)22-38-30-20-32-15-14-27(30)25-10-12-26(13-11-25)37-17-7-16-36-21-23-8-5-4-6-9-23/h4-6,8-13,18-19,27,30,32H,7,14-17,20-22H2,1-3H3. The third-order valence-electron chi connectivity index (χ3n) is 6.74. The average Bonchev–Trinajstić information content (AvgIpc) is 2.98. The summed E-state index contributed by atoms with van der Waals surface area (Å²) in [6.45, 7) is 4.16. The van der Waals surface area contributed by atoms with Crippen LogP contribution in [0.15, 0.2) is 66.7 Å². The van der Waals surface area contributed by atoms with Gasteiger partial charge < -0.3 is 33.7 Å². The van der Waals surface area contributed by atoms with Crippen molar-refractivity contribution in [1.82, 2.24) is 5.32 Å². The highest BCUT2D eigenvalue weighted by Gasteiger charge is 2.27. The topological polar surface area (TPSA) is 67.4 Å². The van der Waals surface area contributed by atoms with Crippen LogP contribution in [0.25, 0.3) is 0 Å². The fraction of sp³-hybridized carbons (Fsp3) is 0.419. The van der Waals surface area contributed by atoms with E-state index in [1.165, 1.54) is 11.1 Å². The average molecular weight is 522 g/mol. The third kappa shape index (κ3) is 7.63. The maximum Gasteiger partial charge on any atom is 0.203 e. The molecule has 0 aliphatic carbocycles. The lowest BCUT2D eigenvalue weighted by molar-refractivity contribution is 0.0104. The Balaban J connectivity index is 1.27. The molecule has 1 aliphatic rings. The summed E-state index contributed by atoms with van der Waals surface area (Å²) in [5, 5.41) is 3.47. The summed E-state index contributed by atoms with van der Waals surface area (Å²) in [5.41, 5.74) is 3.42. The number of hydrogen-bond acceptors (Lipinski definition) is 7. The van der Waals surface area contributed by atoms with Crippen molar-refractivity contribution in [3.8, 4) is 23.0 Å². The number of benzene rings is 3. The van der Waals surface area contributed by atoms with E-state index in [4.69, 9.17) is 28.4 Å². The molecule has 0 aromatic heterocycles. The zero-order chi connectivity index (χ0) is 26.6. The minimum atomic E-state index is 0.0522. The molecule has 1 N–H and O–H groups in total. The van der Waals surface area contributed by atoms with Crippen molar-refractivity contribution in [2.45, 2.75) is 38.1 Å². The first kappa shape index (κ1) is 27.8. The van der Waals surface area contributed by atoms with Crippen molar-refractivity contribution < 1.29 is 28.4 Å². The minimum Gasteiger partial charge on any atom is -0.494 e. The van der Waals surface area contributed by atoms with E-state index in [2.05, 4.69) is 41.7 Å². The van der Waals surface area contributed by atoms with Crippen LogP contribution >= 0.6 is 0 Å². The summed E-state index contributed by atoms with van der Waals surface area (Å²) < 4.78 is 34.5. The highest BCUT2D eigenvalue weighted by atomic mass is 16.5. The van der Waals surface area contributed by atoms with Gasteiger partial charge in [0, 0.05) is 18.9 Å². The first-order valence-electron chi connectivity index (χ1n) is 13.2. The number of piperidine rings is 1. The lowest BCUT2D eigenvalue weighted by Gasteiger charge is -2.32. The highest BCUT2D eigenvalue weighted by Crippen LogP contribution is 2.39. The fourth-order valence-electron chi connectivity index (χ4n) is 4.73. The molecular weight excluding hydrogens is 482 g/mol. The van der Waals surface area contributed by atoms with E-state index in [9.17, 15) is 0 Å². The Kier molecular flexibility index (Phi) is 10.7. The maximum absolute atomic E-state index is 6.41. The van der Waals surface area contributed by atoms with Crippen molar-refractivity contribution in [3.63, 3.8) is 0 Å². The molecule has 0 saturated carbocycles. The molecule has 2 atom stereocenters. The van der Waals surface area contributed by atoms with Crippen LogP contribution in [-0.2, 0) is 22.7 Å². The summed E-state index contributed by atoms with van der Waals surface area (Å²) in [6.07, 6.45) is 1.91. The molecule has 38 heavy (non-hydrogen) atoms. The largest absolute Gasteiger partial charge is 0.494 e. The molecule has 2 unspecified atom stereocenters. The van der Waals surface area contributed by atoms with Crippen LogP contribution in [0.2, 0.25) is 0 Å². The molecule has 0 amide bonds. The van der Waals surface area contributed by atoms with Gasteiger partial charge in [-0.15, -0.1) is 0 Å². The quantitative estimate of drug-likeness (QED) is 0.287. The Hall–Kier alpha value is -3.26. The van der Waals surface area contributed by atoms with Crippen LogP contribution in [0.5, 0.6) is 23.0 Å². The van der Waals surface area contributed by atoms with E-state index >= 15 is 0 Å². The Labute approximate surface area is 226 Å². The highest BCUT2D eigenvalue weighted by molar-refractivity contribution is 5.53. The van der Waals surface area contributed by atoms with Crippen LogP contribution in [0.3, 0.4) is 0 Å². The molecule has 4 rings (SSSR count). The Morgan fingerprint density at radius 2 is 1.53 bits per heavy atom. The fourth-order valence-corrected chi connectivity index (χ4v) is 4.73. The van der Waals surface area contributed by atoms with Crippen LogP contribution < -0.4 is 24.3 Å². The smallest absolute Gasteiger partial charge is 0.203 e. The number of rotatable bonds is 14. The summed E-state index contributed by atoms with van der Waals surface area (Å²) in [7, 11) is 4.85. The maximum atomic E-state index is 6.41. The number of nitrogens with one attached hydrogen (secondary N) is 1. The van der Waals surface area contributed by atoms with Crippen molar-refractivity contribution >= 4 is 0 Å². The number of ether oxygens (including phenoxy) is 6. The number of methoxy groups -OCH3 is 3. The molecule has 1 fully saturated rings. The first-order chi connectivity index (χ1) is 18.7. The lowest BCUT2D eigenvalue weighted by Crippen LogP contribution is -2.40. The molecular formula is C31H39NO6. The zero-order valence-electron chi connectivity index (χ0n) is 22.6. The molecule has 0 spiro atoms. The summed E-state index contributed by atoms with van der Waals surface area (Å²) in [4.78, 5) is 0. The predicted molar refractivity (Wildman–Crippen MR) is 148 cm³/mol. The molecule has 1 heterocycles. The Morgan fingerprint density at radius 3 is 2.21 bits per heavy atom. The van der Waals surface area contributed by atoms with E-state index in [0.29, 0.717) is 49.6 Å². The second kappa shape index (κ2) is 14.6. The van der Waals surface area contributed by atoms with E-state index in [-0.39, 0.29) is 6.10 Å². The SMILES string of the molecule is COc1cc(COC2CNCCC2c2ccc(OCCCOCc3ccccc3)cc2)cc(OC)c1OC. The second-order valence-electron chi connectivity index (χ2n) is 9.29. The van der Waals surface area contributed by atoms with Gasteiger partial charge in [-0.3, -0.25) is 0 Å². The van der Waals surface area contributed by atoms with Gasteiger partial charge in [0.05, 0.1) is 53.9 Å². The van der Waals surface area contributed by atoms with Gasteiger partial charge in [-0.2, -0.15) is 0 Å². The second-order valence-corrected chi connectivity index (χ2v) is 9.29. The summed E-state index contributed by atoms with van der Waals surface area (Å²) in [6, 6.07) is 22.5. The van der Waals surface area contributed by atoms with Gasteiger partial charge in [0.25, 0.3) is 0 Å². The van der Waals surface area contributed by atoms with E-state index in [1.54, 1.807) is 21.3 Å². The number of hydrogen-bond donors (Lipinski definition) is 1. The van der Waals surface area contributed by atoms with Gasteiger partial charge >= 0.3 is 0 Å². The van der Waals surface area contributed by atoms with Crippen molar-refractivity contribution in [2.24, 2.45) is 0 Å². The van der Waals surface area contributed by atoms with E-state index < -0.39 is 0 Å². The zero-order valence-corrected chi connectivity index (χ0v) is 22.6. The molecule has 0 bridgehead atoms. The van der Waals surface area contributed by atoms with Gasteiger partial charge in [-0.25, -0.2) is 0 Å². The van der Waals surface area contributed by atoms with Gasteiger partial charge in [0.15, 0.2) is 11.5 Å². The molecule has 3 aromatic rings. The molecule has 0 radical (unpaired) electrons. The van der Waals surface area contributed by atoms with Crippen LogP contribution in [0, 0.1) is 0 Å². The van der Waals surface area contributed by atoms with Crippen molar-refractivity contribution in [1.29, 1.82) is 0 Å². The molecule has 204 valence electrons. The Morgan fingerprint density at radius 1 is 0.789 bits per heavy atom. The van der Waals surface area contributed by atoms with Crippen LogP contribution in [-0.4, -0.2) is 53.7 Å². The first-order valence-corrected chi connectivity index (χ1v) is 13.2. The molecule has 7 nitrogen and oxygen atoms in total. The van der Waals surface area contributed by atoms with Gasteiger partial charge in [-0.1, -0.05) is 42.5 Å². The predicted octanol–water partition coefficient (Wildman–Crippen LogP) is 5.36. The monoisotopic (exact) mass is 521 g/mol. The molecule has 3 aromatic carbocycles. The van der Waals surface area contributed by atoms with E-state index in [1.807, 2.05) is 30.3 Å². The van der Waals surface area contributed by atoms with Gasteiger partial charge in [0.2, 0.25) is 5.75 Å². The van der Waals surface area contributed by atoms with E-state index in [0.717, 1.165) is 37.2 Å². The van der Waals surface area contributed by atoms with Gasteiger partial charge in [-0.05, 0) is 53.9 Å². The lowest BCUT2D eigenvalue weighted by atomic mass is 9.87. The normalized spacial score (nSPS) is 17.1. The Bertz CT molecular complexity index is 1080. The van der Waals surface area contributed by atoms with Crippen molar-refractivity contribution in [2.75, 3.05) is 47.6 Å². The summed E-state index contributed by atoms with van der Waals surface area (Å²) in [5.74, 6) is 3.02. The van der Waals surface area contributed by atoms with Gasteiger partial charge in [0.1, 0.15) is 5.75 Å². The minimum absolute atomic E-state index is 0.0522. The van der Waals surface area contributed by atoms with Crippen molar-refractivity contribution in [3.05, 3.63) is 83.4 Å². The molecule has 7 heteroatoms. The summed E-state index contributed by atoms with van der Waals surface area (Å²) >= 11 is 0. The molecule has 1 aliphatic heterocycles. The molecule has 1 saturated heterocycles. The third-order valence-corrected chi connectivity index (χ3v) is 6.74. The van der Waals surface area contributed by atoms with Crippen LogP contribution in [0.1, 0.15) is 35.4 Å². The van der Waals surface area contributed by atoms with Crippen LogP contribution in [0.4, 0.5) is 0 Å².